The van der Waals surface area contributed by atoms with Gasteiger partial charge in [-0.1, -0.05) is 38.4 Å². The third-order valence-electron chi connectivity index (χ3n) is 2.67. The van der Waals surface area contributed by atoms with Crippen LogP contribution in [0.3, 0.4) is 0 Å². The first kappa shape index (κ1) is 18.4. The zero-order valence-electron chi connectivity index (χ0n) is 12.5. The first-order valence-corrected chi connectivity index (χ1v) is 8.21. The number of carboxylic acid groups (broad SMARTS) is 1. The van der Waals surface area contributed by atoms with Crippen molar-refractivity contribution in [1.82, 2.24) is 4.31 Å². The van der Waals surface area contributed by atoms with E-state index in [1.165, 1.54) is 18.2 Å². The maximum Gasteiger partial charge on any atom is 0.318 e. The molecule has 1 aromatic rings. The van der Waals surface area contributed by atoms with E-state index < -0.39 is 28.0 Å². The zero-order chi connectivity index (χ0) is 17.1. The van der Waals surface area contributed by atoms with Gasteiger partial charge in [0.05, 0.1) is 10.6 Å². The highest BCUT2D eigenvalue weighted by Gasteiger charge is 2.32. The van der Waals surface area contributed by atoms with Crippen LogP contribution >= 0.6 is 11.6 Å². The molecule has 0 fully saturated rings. The van der Waals surface area contributed by atoms with Gasteiger partial charge in [0.2, 0.25) is 10.0 Å². The molecule has 8 heteroatoms. The van der Waals surface area contributed by atoms with Gasteiger partial charge >= 0.3 is 5.97 Å². The quantitative estimate of drug-likeness (QED) is 0.883. The van der Waals surface area contributed by atoms with Crippen LogP contribution in [0.15, 0.2) is 23.1 Å². The topological polar surface area (TPSA) is 98.5 Å². The van der Waals surface area contributed by atoms with Gasteiger partial charge in [0.25, 0.3) is 0 Å². The Morgan fingerprint density at radius 1 is 1.41 bits per heavy atom. The summed E-state index contributed by atoms with van der Waals surface area (Å²) in [6, 6.07) is 5.82. The molecule has 6 nitrogen and oxygen atoms in total. The molecule has 0 bridgehead atoms. The van der Waals surface area contributed by atoms with Crippen LogP contribution in [-0.4, -0.2) is 36.9 Å². The van der Waals surface area contributed by atoms with Crippen molar-refractivity contribution >= 4 is 27.6 Å². The summed E-state index contributed by atoms with van der Waals surface area (Å²) in [6.07, 6.45) is 0. The summed E-state index contributed by atoms with van der Waals surface area (Å²) in [6.45, 7) is 4.69. The van der Waals surface area contributed by atoms with E-state index in [1.807, 2.05) is 0 Å². The van der Waals surface area contributed by atoms with Crippen LogP contribution in [0.4, 0.5) is 0 Å². The third kappa shape index (κ3) is 4.44. The Balaban J connectivity index is 3.43. The number of benzene rings is 1. The van der Waals surface area contributed by atoms with Gasteiger partial charge in [-0.05, 0) is 17.5 Å². The van der Waals surface area contributed by atoms with Gasteiger partial charge in [0.1, 0.15) is 17.5 Å². The molecule has 1 aromatic carbocycles. The van der Waals surface area contributed by atoms with Crippen molar-refractivity contribution in [2.24, 2.45) is 5.41 Å². The molecule has 0 amide bonds. The zero-order valence-corrected chi connectivity index (χ0v) is 14.1. The molecule has 1 N–H and O–H groups in total. The lowest BCUT2D eigenvalue weighted by molar-refractivity contribution is -0.137. The van der Waals surface area contributed by atoms with Gasteiger partial charge < -0.3 is 5.11 Å². The van der Waals surface area contributed by atoms with Crippen molar-refractivity contribution in [1.29, 1.82) is 5.26 Å². The lowest BCUT2D eigenvalue weighted by atomic mass is 9.97. The summed E-state index contributed by atoms with van der Waals surface area (Å²) in [5.74, 6) is -1.27. The number of rotatable bonds is 5. The van der Waals surface area contributed by atoms with E-state index in [2.05, 4.69) is 0 Å². The molecule has 0 heterocycles. The van der Waals surface area contributed by atoms with E-state index in [9.17, 15) is 13.2 Å². The molecule has 0 saturated carbocycles. The van der Waals surface area contributed by atoms with Crippen molar-refractivity contribution in [3.05, 3.63) is 28.8 Å². The second kappa shape index (κ2) is 6.65. The minimum absolute atomic E-state index is 0.000977. The first-order valence-electron chi connectivity index (χ1n) is 6.39. The highest BCUT2D eigenvalue weighted by atomic mass is 35.5. The average molecular weight is 345 g/mol. The van der Waals surface area contributed by atoms with E-state index in [-0.39, 0.29) is 22.0 Å². The molecule has 0 atom stereocenters. The Labute approximate surface area is 135 Å². The van der Waals surface area contributed by atoms with Crippen LogP contribution in [0.5, 0.6) is 0 Å². The molecule has 0 aliphatic rings. The number of nitrogens with zero attached hydrogens (tertiary/aromatic N) is 2. The fraction of sp³-hybridized carbons (Fsp3) is 0.429. The highest BCUT2D eigenvalue weighted by molar-refractivity contribution is 7.89. The Kier molecular flexibility index (Phi) is 5.57. The van der Waals surface area contributed by atoms with Gasteiger partial charge in [-0.3, -0.25) is 4.79 Å². The van der Waals surface area contributed by atoms with Crippen molar-refractivity contribution in [2.45, 2.75) is 25.7 Å². The Bertz CT molecular complexity index is 717. The van der Waals surface area contributed by atoms with Crippen LogP contribution in [0.25, 0.3) is 0 Å². The van der Waals surface area contributed by atoms with Crippen LogP contribution in [0, 0.1) is 16.7 Å². The number of nitriles is 1. The maximum absolute atomic E-state index is 12.7. The number of carbonyl (C=O) groups is 1. The van der Waals surface area contributed by atoms with Crippen molar-refractivity contribution in [3.63, 3.8) is 0 Å². The largest absolute Gasteiger partial charge is 0.480 e. The lowest BCUT2D eigenvalue weighted by Crippen LogP contribution is -2.41. The molecular weight excluding hydrogens is 328 g/mol. The van der Waals surface area contributed by atoms with E-state index in [0.29, 0.717) is 0 Å². The molecule has 0 aromatic heterocycles. The number of hydrogen-bond acceptors (Lipinski definition) is 4. The van der Waals surface area contributed by atoms with E-state index in [4.69, 9.17) is 22.0 Å². The van der Waals surface area contributed by atoms with Gasteiger partial charge in [0.15, 0.2) is 0 Å². The molecule has 0 unspecified atom stereocenters. The predicted octanol–water partition coefficient (Wildman–Crippen LogP) is 2.33. The average Bonchev–Trinajstić information content (AvgIpc) is 2.35. The monoisotopic (exact) mass is 344 g/mol. The Hall–Kier alpha value is -1.62. The summed E-state index contributed by atoms with van der Waals surface area (Å²) >= 11 is 5.86. The fourth-order valence-electron chi connectivity index (χ4n) is 1.87. The van der Waals surface area contributed by atoms with E-state index in [1.54, 1.807) is 26.8 Å². The summed E-state index contributed by atoms with van der Waals surface area (Å²) in [5.41, 5.74) is -0.637. The number of hydrogen-bond donors (Lipinski definition) is 1. The van der Waals surface area contributed by atoms with Crippen molar-refractivity contribution in [2.75, 3.05) is 13.1 Å². The van der Waals surface area contributed by atoms with Crippen LogP contribution in [0.1, 0.15) is 26.3 Å². The smallest absolute Gasteiger partial charge is 0.318 e. The Morgan fingerprint density at radius 2 is 2.00 bits per heavy atom. The second-order valence-electron chi connectivity index (χ2n) is 5.95. The number of carboxylic acids is 1. The highest BCUT2D eigenvalue weighted by Crippen LogP contribution is 2.27. The standard InChI is InChI=1S/C14H17ClN2O4S/c1-14(2,3)9-17(8-13(18)19)22(20,21)12-6-4-5-11(15)10(12)7-16/h4-6H,8-9H2,1-3H3,(H,18,19). The summed E-state index contributed by atoms with van der Waals surface area (Å²) in [7, 11) is -4.15. The fourth-order valence-corrected chi connectivity index (χ4v) is 3.93. The first-order chi connectivity index (χ1) is 9.99. The molecule has 0 radical (unpaired) electrons. The summed E-state index contributed by atoms with van der Waals surface area (Å²) in [4.78, 5) is 10.7. The Morgan fingerprint density at radius 3 is 2.45 bits per heavy atom. The van der Waals surface area contributed by atoms with Gasteiger partial charge in [-0.15, -0.1) is 0 Å². The third-order valence-corrected chi connectivity index (χ3v) is 4.82. The van der Waals surface area contributed by atoms with E-state index >= 15 is 0 Å². The van der Waals surface area contributed by atoms with Crippen molar-refractivity contribution in [3.8, 4) is 6.07 Å². The molecule has 22 heavy (non-hydrogen) atoms. The predicted molar refractivity (Wildman–Crippen MR) is 82.0 cm³/mol. The SMILES string of the molecule is CC(C)(C)CN(CC(=O)O)S(=O)(=O)c1cccc(Cl)c1C#N. The van der Waals surface area contributed by atoms with Gasteiger partial charge in [-0.2, -0.15) is 9.57 Å². The molecule has 0 aliphatic heterocycles. The number of halogens is 1. The number of sulfonamides is 1. The normalized spacial score (nSPS) is 12.2. The van der Waals surface area contributed by atoms with Gasteiger partial charge in [-0.25, -0.2) is 8.42 Å². The summed E-state index contributed by atoms with van der Waals surface area (Å²) < 4.78 is 26.3. The molecule has 1 rings (SSSR count). The summed E-state index contributed by atoms with van der Waals surface area (Å²) in [5, 5.41) is 18.1. The van der Waals surface area contributed by atoms with Crippen LogP contribution < -0.4 is 0 Å². The molecule has 0 aliphatic carbocycles. The van der Waals surface area contributed by atoms with Crippen LogP contribution in [0.2, 0.25) is 5.02 Å². The molecule has 0 spiro atoms. The molecular formula is C14H17ClN2O4S. The van der Waals surface area contributed by atoms with Crippen LogP contribution in [-0.2, 0) is 14.8 Å². The van der Waals surface area contributed by atoms with Crippen molar-refractivity contribution < 1.29 is 18.3 Å². The van der Waals surface area contributed by atoms with E-state index in [0.717, 1.165) is 4.31 Å². The molecule has 120 valence electrons. The molecule has 0 saturated heterocycles. The van der Waals surface area contributed by atoms with Gasteiger partial charge in [0, 0.05) is 6.54 Å². The maximum atomic E-state index is 12.7. The minimum Gasteiger partial charge on any atom is -0.480 e. The minimum atomic E-state index is -4.15. The number of aliphatic carboxylic acids is 1. The second-order valence-corrected chi connectivity index (χ2v) is 8.27. The lowest BCUT2D eigenvalue weighted by Gasteiger charge is -2.28.